The lowest BCUT2D eigenvalue weighted by molar-refractivity contribution is -0.119. The highest BCUT2D eigenvalue weighted by molar-refractivity contribution is 5.91. The third-order valence-electron chi connectivity index (χ3n) is 4.18. The van der Waals surface area contributed by atoms with Gasteiger partial charge in [-0.2, -0.15) is 0 Å². The summed E-state index contributed by atoms with van der Waals surface area (Å²) in [5, 5.41) is 3.93. The standard InChI is InChI=1S/C18H15N3O/c22-17-9-14(10-19-17)12-5-7-13(8-6-12)18-15-3-1-2-4-16(15)20-11-21-18/h1-8,11,14H,9-10H2,(H,19,22). The van der Waals surface area contributed by atoms with Gasteiger partial charge in [-0.1, -0.05) is 42.5 Å². The van der Waals surface area contributed by atoms with Gasteiger partial charge in [-0.3, -0.25) is 4.79 Å². The molecule has 4 heteroatoms. The quantitative estimate of drug-likeness (QED) is 0.789. The van der Waals surface area contributed by atoms with Crippen LogP contribution in [0.3, 0.4) is 0 Å². The topological polar surface area (TPSA) is 54.9 Å². The van der Waals surface area contributed by atoms with E-state index in [1.165, 1.54) is 5.56 Å². The first-order valence-corrected chi connectivity index (χ1v) is 7.38. The Morgan fingerprint density at radius 2 is 1.82 bits per heavy atom. The van der Waals surface area contributed by atoms with Gasteiger partial charge in [0.2, 0.25) is 5.91 Å². The predicted octanol–water partition coefficient (Wildman–Crippen LogP) is 2.90. The zero-order chi connectivity index (χ0) is 14.9. The molecule has 1 aliphatic heterocycles. The lowest BCUT2D eigenvalue weighted by atomic mass is 9.96. The van der Waals surface area contributed by atoms with E-state index in [0.717, 1.165) is 28.7 Å². The van der Waals surface area contributed by atoms with Crippen molar-refractivity contribution in [2.45, 2.75) is 12.3 Å². The third-order valence-corrected chi connectivity index (χ3v) is 4.18. The van der Waals surface area contributed by atoms with Gasteiger partial charge in [-0.05, 0) is 11.6 Å². The van der Waals surface area contributed by atoms with Gasteiger partial charge in [-0.25, -0.2) is 9.97 Å². The highest BCUT2D eigenvalue weighted by atomic mass is 16.1. The first-order chi connectivity index (χ1) is 10.8. The van der Waals surface area contributed by atoms with Crippen molar-refractivity contribution in [1.29, 1.82) is 0 Å². The Kier molecular flexibility index (Phi) is 3.07. The molecule has 0 bridgehead atoms. The smallest absolute Gasteiger partial charge is 0.220 e. The molecule has 2 heterocycles. The number of nitrogens with one attached hydrogen (secondary N) is 1. The maximum absolute atomic E-state index is 11.3. The number of hydrogen-bond donors (Lipinski definition) is 1. The number of carbonyl (C=O) groups excluding carboxylic acids is 1. The molecule has 1 saturated heterocycles. The van der Waals surface area contributed by atoms with Crippen LogP contribution in [0.5, 0.6) is 0 Å². The minimum absolute atomic E-state index is 0.135. The van der Waals surface area contributed by atoms with Crippen LogP contribution < -0.4 is 5.32 Å². The van der Waals surface area contributed by atoms with Crippen LogP contribution in [0.15, 0.2) is 54.9 Å². The molecule has 108 valence electrons. The molecule has 0 spiro atoms. The molecule has 1 N–H and O–H groups in total. The van der Waals surface area contributed by atoms with Crippen LogP contribution in [0.1, 0.15) is 17.9 Å². The van der Waals surface area contributed by atoms with Crippen molar-refractivity contribution >= 4 is 16.8 Å². The second-order valence-electron chi connectivity index (χ2n) is 5.57. The fraction of sp³-hybridized carbons (Fsp3) is 0.167. The van der Waals surface area contributed by atoms with Crippen LogP contribution in [0.4, 0.5) is 0 Å². The molecule has 1 fully saturated rings. The maximum atomic E-state index is 11.3. The third kappa shape index (κ3) is 2.22. The molecule has 0 aliphatic carbocycles. The summed E-state index contributed by atoms with van der Waals surface area (Å²) in [4.78, 5) is 20.1. The monoisotopic (exact) mass is 289 g/mol. The average molecular weight is 289 g/mol. The number of para-hydroxylation sites is 1. The van der Waals surface area contributed by atoms with Gasteiger partial charge in [0.05, 0.1) is 11.2 Å². The molecular formula is C18H15N3O. The van der Waals surface area contributed by atoms with Crippen molar-refractivity contribution < 1.29 is 4.79 Å². The van der Waals surface area contributed by atoms with E-state index in [1.807, 2.05) is 24.3 Å². The van der Waals surface area contributed by atoms with E-state index in [4.69, 9.17) is 0 Å². The Hall–Kier alpha value is -2.75. The normalized spacial score (nSPS) is 17.6. The van der Waals surface area contributed by atoms with Crippen molar-refractivity contribution in [2.75, 3.05) is 6.54 Å². The molecule has 1 aliphatic rings. The van der Waals surface area contributed by atoms with Gasteiger partial charge in [-0.15, -0.1) is 0 Å². The number of aromatic nitrogens is 2. The number of carbonyl (C=O) groups is 1. The van der Waals surface area contributed by atoms with E-state index in [-0.39, 0.29) is 11.8 Å². The van der Waals surface area contributed by atoms with E-state index >= 15 is 0 Å². The zero-order valence-corrected chi connectivity index (χ0v) is 12.0. The van der Waals surface area contributed by atoms with Gasteiger partial charge in [0.15, 0.2) is 0 Å². The SMILES string of the molecule is O=C1CC(c2ccc(-c3ncnc4ccccc34)cc2)CN1. The lowest BCUT2D eigenvalue weighted by Crippen LogP contribution is -2.13. The minimum atomic E-state index is 0.135. The molecule has 4 rings (SSSR count). The molecule has 4 nitrogen and oxygen atoms in total. The van der Waals surface area contributed by atoms with Crippen LogP contribution in [0.25, 0.3) is 22.2 Å². The fourth-order valence-electron chi connectivity index (χ4n) is 2.99. The lowest BCUT2D eigenvalue weighted by Gasteiger charge is -2.09. The number of amides is 1. The molecule has 2 aromatic carbocycles. The number of hydrogen-bond acceptors (Lipinski definition) is 3. The van der Waals surface area contributed by atoms with Crippen molar-refractivity contribution in [2.24, 2.45) is 0 Å². The Bertz CT molecular complexity index is 837. The Balaban J connectivity index is 1.72. The van der Waals surface area contributed by atoms with Crippen molar-refractivity contribution in [1.82, 2.24) is 15.3 Å². The number of nitrogens with zero attached hydrogens (tertiary/aromatic N) is 2. The van der Waals surface area contributed by atoms with E-state index in [9.17, 15) is 4.79 Å². The van der Waals surface area contributed by atoms with Crippen LogP contribution in [0.2, 0.25) is 0 Å². The van der Waals surface area contributed by atoms with E-state index < -0.39 is 0 Å². The number of benzene rings is 2. The van der Waals surface area contributed by atoms with Crippen molar-refractivity contribution in [3.63, 3.8) is 0 Å². The molecule has 1 atom stereocenters. The Labute approximate surface area is 128 Å². The fourth-order valence-corrected chi connectivity index (χ4v) is 2.99. The van der Waals surface area contributed by atoms with Gasteiger partial charge >= 0.3 is 0 Å². The predicted molar refractivity (Wildman–Crippen MR) is 85.3 cm³/mol. The molecule has 1 unspecified atom stereocenters. The molecule has 1 amide bonds. The van der Waals surface area contributed by atoms with Crippen LogP contribution in [0, 0.1) is 0 Å². The largest absolute Gasteiger partial charge is 0.355 e. The molecular weight excluding hydrogens is 274 g/mol. The first-order valence-electron chi connectivity index (χ1n) is 7.38. The van der Waals surface area contributed by atoms with Gasteiger partial charge in [0, 0.05) is 29.8 Å². The van der Waals surface area contributed by atoms with Gasteiger partial charge in [0.25, 0.3) is 0 Å². The van der Waals surface area contributed by atoms with E-state index in [0.29, 0.717) is 6.42 Å². The summed E-state index contributed by atoms with van der Waals surface area (Å²) < 4.78 is 0. The zero-order valence-electron chi connectivity index (χ0n) is 12.0. The Morgan fingerprint density at radius 1 is 1.00 bits per heavy atom. The van der Waals surface area contributed by atoms with Crippen LogP contribution in [-0.2, 0) is 4.79 Å². The summed E-state index contributed by atoms with van der Waals surface area (Å²) >= 11 is 0. The summed E-state index contributed by atoms with van der Waals surface area (Å²) in [6, 6.07) is 16.3. The molecule has 0 saturated carbocycles. The van der Waals surface area contributed by atoms with Crippen molar-refractivity contribution in [3.8, 4) is 11.3 Å². The summed E-state index contributed by atoms with van der Waals surface area (Å²) in [6.07, 6.45) is 2.18. The van der Waals surface area contributed by atoms with E-state index in [2.05, 4.69) is 39.6 Å². The minimum Gasteiger partial charge on any atom is -0.355 e. The molecule has 22 heavy (non-hydrogen) atoms. The number of fused-ring (bicyclic) bond motifs is 1. The second kappa shape index (κ2) is 5.22. The molecule has 1 aromatic heterocycles. The van der Waals surface area contributed by atoms with Crippen LogP contribution in [-0.4, -0.2) is 22.4 Å². The highest BCUT2D eigenvalue weighted by Gasteiger charge is 2.22. The van der Waals surface area contributed by atoms with Gasteiger partial charge in [0.1, 0.15) is 6.33 Å². The maximum Gasteiger partial charge on any atom is 0.220 e. The summed E-state index contributed by atoms with van der Waals surface area (Å²) in [5.74, 6) is 0.416. The Morgan fingerprint density at radius 3 is 2.59 bits per heavy atom. The second-order valence-corrected chi connectivity index (χ2v) is 5.57. The molecule has 0 radical (unpaired) electrons. The first kappa shape index (κ1) is 13.0. The summed E-state index contributed by atoms with van der Waals surface area (Å²) in [5.41, 5.74) is 4.15. The van der Waals surface area contributed by atoms with Crippen LogP contribution >= 0.6 is 0 Å². The number of rotatable bonds is 2. The van der Waals surface area contributed by atoms with E-state index in [1.54, 1.807) is 6.33 Å². The summed E-state index contributed by atoms with van der Waals surface area (Å²) in [7, 11) is 0. The van der Waals surface area contributed by atoms with Gasteiger partial charge < -0.3 is 5.32 Å². The average Bonchev–Trinajstić information content (AvgIpc) is 3.01. The summed E-state index contributed by atoms with van der Waals surface area (Å²) in [6.45, 7) is 0.731. The molecule has 3 aromatic rings. The van der Waals surface area contributed by atoms with Crippen molar-refractivity contribution in [3.05, 3.63) is 60.4 Å². The highest BCUT2D eigenvalue weighted by Crippen LogP contribution is 2.28.